The molecule has 1 aliphatic rings. The first-order valence-electron chi connectivity index (χ1n) is 11.1. The molecule has 1 fully saturated rings. The first-order valence-corrected chi connectivity index (χ1v) is 11.5. The van der Waals surface area contributed by atoms with Gasteiger partial charge < -0.3 is 4.90 Å². The molecule has 7 nitrogen and oxygen atoms in total. The second-order valence-corrected chi connectivity index (χ2v) is 9.03. The number of piperidine rings is 1. The smallest absolute Gasteiger partial charge is 0.262 e. The molecule has 4 aromatic rings. The molecule has 0 N–H and O–H groups in total. The molecule has 8 heteroatoms. The number of hydrogen-bond donors (Lipinski definition) is 0. The molecule has 166 valence electrons. The van der Waals surface area contributed by atoms with Gasteiger partial charge in [0.25, 0.3) is 5.56 Å². The number of benzene rings is 2. The lowest BCUT2D eigenvalue weighted by atomic mass is 10.1. The topological polar surface area (TPSA) is 50.7 Å². The molecule has 0 saturated carbocycles. The molecule has 32 heavy (non-hydrogen) atoms. The number of hydrogen-bond acceptors (Lipinski definition) is 5. The molecule has 0 bridgehead atoms. The van der Waals surface area contributed by atoms with Crippen molar-refractivity contribution in [2.45, 2.75) is 32.5 Å². The molecule has 5 rings (SSSR count). The van der Waals surface area contributed by atoms with Crippen LogP contribution in [0.3, 0.4) is 0 Å². The number of anilines is 1. The first kappa shape index (κ1) is 20.9. The summed E-state index contributed by atoms with van der Waals surface area (Å²) in [7, 11) is 3.80. The quantitative estimate of drug-likeness (QED) is 0.435. The third-order valence-corrected chi connectivity index (χ3v) is 6.68. The van der Waals surface area contributed by atoms with E-state index in [0.29, 0.717) is 22.6 Å². The minimum absolute atomic E-state index is 0.0672. The molecule has 2 aromatic carbocycles. The molecule has 1 saturated heterocycles. The zero-order valence-electron chi connectivity index (χ0n) is 18.6. The Morgan fingerprint density at radius 3 is 2.50 bits per heavy atom. The SMILES string of the molecule is CN(Cc1ccc(N2CCCCC2)cc1)Cn1nc2n(C)c(=O)c3ccccc3n2c1=S. The van der Waals surface area contributed by atoms with E-state index in [2.05, 4.69) is 46.2 Å². The Morgan fingerprint density at radius 1 is 1.03 bits per heavy atom. The van der Waals surface area contributed by atoms with Gasteiger partial charge in [0.2, 0.25) is 10.5 Å². The summed E-state index contributed by atoms with van der Waals surface area (Å²) in [6.07, 6.45) is 3.91. The second-order valence-electron chi connectivity index (χ2n) is 8.67. The summed E-state index contributed by atoms with van der Waals surface area (Å²) in [5.74, 6) is 0.554. The average molecular weight is 449 g/mol. The number of aromatic nitrogens is 4. The normalized spacial score (nSPS) is 14.7. The number of aryl methyl sites for hydroxylation is 1. The van der Waals surface area contributed by atoms with Crippen molar-refractivity contribution in [2.24, 2.45) is 7.05 Å². The van der Waals surface area contributed by atoms with Gasteiger partial charge in [-0.2, -0.15) is 0 Å². The van der Waals surface area contributed by atoms with E-state index in [9.17, 15) is 4.79 Å². The van der Waals surface area contributed by atoms with Crippen molar-refractivity contribution >= 4 is 34.6 Å². The van der Waals surface area contributed by atoms with Crippen molar-refractivity contribution in [3.8, 4) is 0 Å². The third-order valence-electron chi connectivity index (χ3n) is 6.29. The molecule has 1 aliphatic heterocycles. The van der Waals surface area contributed by atoms with E-state index in [1.165, 1.54) is 30.5 Å². The lowest BCUT2D eigenvalue weighted by Gasteiger charge is -2.29. The van der Waals surface area contributed by atoms with Crippen LogP contribution >= 0.6 is 12.2 Å². The summed E-state index contributed by atoms with van der Waals surface area (Å²) in [6.45, 7) is 3.64. The highest BCUT2D eigenvalue weighted by atomic mass is 32.1. The van der Waals surface area contributed by atoms with Gasteiger partial charge in [-0.25, -0.2) is 4.68 Å². The second kappa shape index (κ2) is 8.52. The highest BCUT2D eigenvalue weighted by Crippen LogP contribution is 2.21. The first-order chi connectivity index (χ1) is 15.5. The Balaban J connectivity index is 1.38. The van der Waals surface area contributed by atoms with Gasteiger partial charge in [0.15, 0.2) is 0 Å². The maximum Gasteiger partial charge on any atom is 0.262 e. The molecule has 0 aliphatic carbocycles. The van der Waals surface area contributed by atoms with Gasteiger partial charge in [0.1, 0.15) is 0 Å². The lowest BCUT2D eigenvalue weighted by Crippen LogP contribution is -2.29. The Morgan fingerprint density at radius 2 is 1.75 bits per heavy atom. The fourth-order valence-corrected chi connectivity index (χ4v) is 4.87. The molecule has 0 amide bonds. The van der Waals surface area contributed by atoms with E-state index < -0.39 is 0 Å². The fraction of sp³-hybridized carbons (Fsp3) is 0.375. The average Bonchev–Trinajstić information content (AvgIpc) is 3.14. The maximum absolute atomic E-state index is 12.7. The molecule has 0 radical (unpaired) electrons. The van der Waals surface area contributed by atoms with E-state index in [-0.39, 0.29) is 5.56 Å². The van der Waals surface area contributed by atoms with E-state index in [0.717, 1.165) is 25.2 Å². The van der Waals surface area contributed by atoms with Crippen LogP contribution in [0.1, 0.15) is 24.8 Å². The van der Waals surface area contributed by atoms with Crippen molar-refractivity contribution in [3.63, 3.8) is 0 Å². The van der Waals surface area contributed by atoms with Gasteiger partial charge >= 0.3 is 0 Å². The zero-order valence-corrected chi connectivity index (χ0v) is 19.4. The van der Waals surface area contributed by atoms with E-state index in [4.69, 9.17) is 12.2 Å². The van der Waals surface area contributed by atoms with Crippen LogP contribution in [-0.2, 0) is 20.3 Å². The minimum Gasteiger partial charge on any atom is -0.372 e. The van der Waals surface area contributed by atoms with Crippen LogP contribution in [0.15, 0.2) is 53.3 Å². The molecular formula is C24H28N6OS. The Labute approximate surface area is 192 Å². The predicted octanol–water partition coefficient (Wildman–Crippen LogP) is 3.80. The number of para-hydroxylation sites is 1. The summed E-state index contributed by atoms with van der Waals surface area (Å²) in [5.41, 5.74) is 3.29. The number of nitrogens with zero attached hydrogens (tertiary/aromatic N) is 6. The maximum atomic E-state index is 12.7. The van der Waals surface area contributed by atoms with Crippen LogP contribution in [0, 0.1) is 4.77 Å². The van der Waals surface area contributed by atoms with Gasteiger partial charge in [-0.05, 0) is 68.4 Å². The Kier molecular flexibility index (Phi) is 5.57. The Hall–Kier alpha value is -2.97. The number of rotatable bonds is 5. The monoisotopic (exact) mass is 448 g/mol. The highest BCUT2D eigenvalue weighted by Gasteiger charge is 2.15. The third kappa shape index (κ3) is 3.73. The molecule has 0 spiro atoms. The van der Waals surface area contributed by atoms with Gasteiger partial charge in [0, 0.05) is 32.4 Å². The predicted molar refractivity (Wildman–Crippen MR) is 131 cm³/mol. The van der Waals surface area contributed by atoms with Crippen molar-refractivity contribution in [1.29, 1.82) is 0 Å². The van der Waals surface area contributed by atoms with Crippen molar-refractivity contribution in [3.05, 3.63) is 69.2 Å². The molecular weight excluding hydrogens is 420 g/mol. The highest BCUT2D eigenvalue weighted by molar-refractivity contribution is 7.71. The van der Waals surface area contributed by atoms with Gasteiger partial charge in [0.05, 0.1) is 17.6 Å². The fourth-order valence-electron chi connectivity index (χ4n) is 4.59. The van der Waals surface area contributed by atoms with Crippen molar-refractivity contribution < 1.29 is 0 Å². The largest absolute Gasteiger partial charge is 0.372 e. The summed E-state index contributed by atoms with van der Waals surface area (Å²) < 4.78 is 5.82. The van der Waals surface area contributed by atoms with Crippen LogP contribution in [0.4, 0.5) is 5.69 Å². The molecule has 3 heterocycles. The molecule has 0 atom stereocenters. The summed E-state index contributed by atoms with van der Waals surface area (Å²) in [4.78, 5) is 17.4. The van der Waals surface area contributed by atoms with E-state index in [1.807, 2.05) is 28.7 Å². The van der Waals surface area contributed by atoms with Crippen LogP contribution < -0.4 is 10.5 Å². The van der Waals surface area contributed by atoms with E-state index >= 15 is 0 Å². The van der Waals surface area contributed by atoms with Gasteiger partial charge in [-0.15, -0.1) is 5.10 Å². The number of fused-ring (bicyclic) bond motifs is 3. The van der Waals surface area contributed by atoms with Crippen LogP contribution in [-0.4, -0.2) is 43.8 Å². The lowest BCUT2D eigenvalue weighted by molar-refractivity contribution is 0.244. The molecule has 2 aromatic heterocycles. The van der Waals surface area contributed by atoms with Crippen LogP contribution in [0.25, 0.3) is 16.7 Å². The minimum atomic E-state index is -0.0672. The van der Waals surface area contributed by atoms with Gasteiger partial charge in [-0.3, -0.25) is 18.7 Å². The van der Waals surface area contributed by atoms with Crippen molar-refractivity contribution in [2.75, 3.05) is 25.0 Å². The summed E-state index contributed by atoms with van der Waals surface area (Å²) in [6, 6.07) is 16.4. The van der Waals surface area contributed by atoms with Gasteiger partial charge in [-0.1, -0.05) is 24.3 Å². The standard InChI is InChI=1S/C24H28N6OS/c1-26(16-18-10-12-19(13-11-18)28-14-6-3-7-15-28)17-29-24(32)30-21-9-5-4-8-20(21)22(31)27(2)23(30)25-29/h4-5,8-13H,3,6-7,14-17H2,1-2H3. The summed E-state index contributed by atoms with van der Waals surface area (Å²) in [5, 5.41) is 5.31. The van der Waals surface area contributed by atoms with Crippen LogP contribution in [0.5, 0.6) is 0 Å². The zero-order chi connectivity index (χ0) is 22.2. The van der Waals surface area contributed by atoms with Crippen LogP contribution in [0.2, 0.25) is 0 Å². The summed E-state index contributed by atoms with van der Waals surface area (Å²) >= 11 is 5.75. The van der Waals surface area contributed by atoms with E-state index in [1.54, 1.807) is 16.3 Å². The Bertz CT molecular complexity index is 1380. The van der Waals surface area contributed by atoms with Crippen molar-refractivity contribution in [1.82, 2.24) is 23.6 Å². The molecule has 0 unspecified atom stereocenters.